The third-order valence-electron chi connectivity index (χ3n) is 1.23. The summed E-state index contributed by atoms with van der Waals surface area (Å²) in [6.07, 6.45) is 0. The van der Waals surface area contributed by atoms with Gasteiger partial charge in [0.25, 0.3) is 10.0 Å². The molecule has 3 nitrogen and oxygen atoms in total. The van der Waals surface area contributed by atoms with Crippen LogP contribution in [-0.2, 0) is 10.0 Å². The fourth-order valence-corrected chi connectivity index (χ4v) is 2.84. The lowest BCUT2D eigenvalue weighted by Crippen LogP contribution is -2.02. The number of hydrogen-bond acceptors (Lipinski definition) is 2. The maximum atomic E-state index is 10.8. The van der Waals surface area contributed by atoms with Crippen molar-refractivity contribution in [3.63, 3.8) is 0 Å². The second-order valence-electron chi connectivity index (χ2n) is 2.20. The fourth-order valence-electron chi connectivity index (χ4n) is 0.786. The maximum absolute atomic E-state index is 10.8. The Kier molecular flexibility index (Phi) is 3.09. The SMILES string of the molecule is [NH]S(=O)(=O)c1c(Cl)cc(Cl)cc1Cl. The molecule has 0 aromatic heterocycles. The first-order chi connectivity index (χ1) is 5.82. The second-order valence-corrected chi connectivity index (χ2v) is 4.87. The molecule has 0 fully saturated rings. The normalized spacial score (nSPS) is 11.7. The van der Waals surface area contributed by atoms with Gasteiger partial charge >= 0.3 is 0 Å². The van der Waals surface area contributed by atoms with Crippen molar-refractivity contribution in [2.75, 3.05) is 0 Å². The number of rotatable bonds is 1. The predicted molar refractivity (Wildman–Crippen MR) is 51.8 cm³/mol. The summed E-state index contributed by atoms with van der Waals surface area (Å²) in [5, 5.41) is 6.72. The second kappa shape index (κ2) is 3.63. The summed E-state index contributed by atoms with van der Waals surface area (Å²) in [6, 6.07) is 2.44. The first kappa shape index (κ1) is 11.1. The van der Waals surface area contributed by atoms with E-state index in [1.807, 2.05) is 0 Å². The van der Waals surface area contributed by atoms with Gasteiger partial charge in [-0.3, -0.25) is 0 Å². The van der Waals surface area contributed by atoms with Crippen LogP contribution in [-0.4, -0.2) is 8.42 Å². The molecule has 0 saturated carbocycles. The molecule has 71 valence electrons. The van der Waals surface area contributed by atoms with Crippen molar-refractivity contribution in [3.8, 4) is 0 Å². The van der Waals surface area contributed by atoms with Gasteiger partial charge in [-0.05, 0) is 12.1 Å². The minimum Gasteiger partial charge on any atom is -0.206 e. The van der Waals surface area contributed by atoms with Crippen molar-refractivity contribution in [2.45, 2.75) is 4.90 Å². The summed E-state index contributed by atoms with van der Waals surface area (Å²) < 4.78 is 21.7. The van der Waals surface area contributed by atoms with Gasteiger partial charge in [-0.25, -0.2) is 8.42 Å². The molecule has 0 saturated heterocycles. The smallest absolute Gasteiger partial charge is 0.206 e. The Balaban J connectivity index is 3.57. The van der Waals surface area contributed by atoms with E-state index in [4.69, 9.17) is 39.9 Å². The summed E-state index contributed by atoms with van der Waals surface area (Å²) >= 11 is 16.7. The summed E-state index contributed by atoms with van der Waals surface area (Å²) in [5.41, 5.74) is 0. The molecule has 0 amide bonds. The van der Waals surface area contributed by atoms with E-state index in [0.29, 0.717) is 0 Å². The molecule has 1 rings (SSSR count). The van der Waals surface area contributed by atoms with E-state index in [9.17, 15) is 8.42 Å². The topological polar surface area (TPSA) is 57.9 Å². The first-order valence-electron chi connectivity index (χ1n) is 2.96. The highest BCUT2D eigenvalue weighted by Gasteiger charge is 2.18. The predicted octanol–water partition coefficient (Wildman–Crippen LogP) is 2.62. The van der Waals surface area contributed by atoms with E-state index < -0.39 is 14.9 Å². The number of sulfonamides is 1. The van der Waals surface area contributed by atoms with Crippen LogP contribution in [0.2, 0.25) is 15.1 Å². The zero-order valence-corrected chi connectivity index (χ0v) is 9.10. The van der Waals surface area contributed by atoms with Crippen molar-refractivity contribution in [1.82, 2.24) is 5.14 Å². The van der Waals surface area contributed by atoms with Gasteiger partial charge in [0.15, 0.2) is 0 Å². The Bertz CT molecular complexity index is 420. The molecule has 13 heavy (non-hydrogen) atoms. The lowest BCUT2D eigenvalue weighted by Gasteiger charge is -2.03. The van der Waals surface area contributed by atoms with Crippen LogP contribution in [0, 0.1) is 0 Å². The summed E-state index contributed by atoms with van der Waals surface area (Å²) in [7, 11) is -4.15. The number of halogens is 3. The largest absolute Gasteiger partial charge is 0.257 e. The average Bonchev–Trinajstić information content (AvgIpc) is 1.78. The van der Waals surface area contributed by atoms with Crippen LogP contribution < -0.4 is 5.14 Å². The van der Waals surface area contributed by atoms with E-state index in [2.05, 4.69) is 0 Å². The molecule has 1 aromatic rings. The van der Waals surface area contributed by atoms with Crippen LogP contribution in [0.15, 0.2) is 17.0 Å². The molecular weight excluding hydrogens is 256 g/mol. The summed E-state index contributed by atoms with van der Waals surface area (Å²) in [4.78, 5) is -0.416. The maximum Gasteiger partial charge on any atom is 0.257 e. The Morgan fingerprint density at radius 2 is 1.46 bits per heavy atom. The quantitative estimate of drug-likeness (QED) is 0.778. The van der Waals surface area contributed by atoms with Crippen molar-refractivity contribution in [2.24, 2.45) is 0 Å². The molecular formula is C6H3Cl3NO2S. The highest BCUT2D eigenvalue weighted by molar-refractivity contribution is 7.89. The molecule has 0 aliphatic rings. The van der Waals surface area contributed by atoms with Gasteiger partial charge in [0, 0.05) is 5.02 Å². The van der Waals surface area contributed by atoms with E-state index in [-0.39, 0.29) is 15.1 Å². The number of nitrogens with one attached hydrogen (secondary N) is 1. The lowest BCUT2D eigenvalue weighted by molar-refractivity contribution is 0.596. The van der Waals surface area contributed by atoms with Crippen molar-refractivity contribution in [1.29, 1.82) is 0 Å². The monoisotopic (exact) mass is 258 g/mol. The van der Waals surface area contributed by atoms with E-state index >= 15 is 0 Å². The van der Waals surface area contributed by atoms with E-state index in [0.717, 1.165) is 0 Å². The Morgan fingerprint density at radius 1 is 1.08 bits per heavy atom. The molecule has 0 spiro atoms. The third kappa shape index (κ3) is 2.48. The Labute approximate surface area is 90.4 Å². The molecule has 0 atom stereocenters. The molecule has 0 aliphatic heterocycles. The molecule has 1 radical (unpaired) electrons. The molecule has 7 heteroatoms. The highest BCUT2D eigenvalue weighted by Crippen LogP contribution is 2.31. The zero-order chi connectivity index (χ0) is 10.2. The molecule has 1 aromatic carbocycles. The van der Waals surface area contributed by atoms with Crippen LogP contribution in [0.25, 0.3) is 0 Å². The van der Waals surface area contributed by atoms with Crippen molar-refractivity contribution >= 4 is 44.8 Å². The van der Waals surface area contributed by atoms with Crippen LogP contribution in [0.4, 0.5) is 0 Å². The van der Waals surface area contributed by atoms with Crippen molar-refractivity contribution < 1.29 is 8.42 Å². The highest BCUT2D eigenvalue weighted by atomic mass is 35.5. The third-order valence-corrected chi connectivity index (χ3v) is 3.25. The van der Waals surface area contributed by atoms with Gasteiger partial charge in [-0.15, -0.1) is 5.14 Å². The van der Waals surface area contributed by atoms with Crippen LogP contribution in [0.3, 0.4) is 0 Å². The number of benzene rings is 1. The fraction of sp³-hybridized carbons (Fsp3) is 0. The minimum absolute atomic E-state index is 0.146. The number of hydrogen-bond donors (Lipinski definition) is 0. The van der Waals surface area contributed by atoms with Gasteiger partial charge in [0.1, 0.15) is 4.90 Å². The molecule has 1 N–H and O–H groups in total. The van der Waals surface area contributed by atoms with Gasteiger partial charge in [-0.2, -0.15) is 0 Å². The Hall–Kier alpha value is -0.000000000000000111. The molecule has 0 bridgehead atoms. The van der Waals surface area contributed by atoms with Gasteiger partial charge in [-0.1, -0.05) is 34.8 Å². The van der Waals surface area contributed by atoms with Gasteiger partial charge in [0.2, 0.25) is 0 Å². The van der Waals surface area contributed by atoms with Crippen LogP contribution in [0.5, 0.6) is 0 Å². The van der Waals surface area contributed by atoms with Gasteiger partial charge in [0.05, 0.1) is 10.0 Å². The molecule has 0 heterocycles. The zero-order valence-electron chi connectivity index (χ0n) is 6.01. The Morgan fingerprint density at radius 3 is 1.77 bits per heavy atom. The van der Waals surface area contributed by atoms with Crippen LogP contribution in [0.1, 0.15) is 0 Å². The van der Waals surface area contributed by atoms with E-state index in [1.54, 1.807) is 0 Å². The summed E-state index contributed by atoms with van der Waals surface area (Å²) in [6.45, 7) is 0. The van der Waals surface area contributed by atoms with E-state index in [1.165, 1.54) is 12.1 Å². The molecule has 0 aliphatic carbocycles. The molecule has 0 unspecified atom stereocenters. The standard InChI is InChI=1S/C6H3Cl3NO2S/c7-3-1-4(8)6(5(9)2-3)13(10,11)12/h1-2,10H. The van der Waals surface area contributed by atoms with Crippen molar-refractivity contribution in [3.05, 3.63) is 27.2 Å². The van der Waals surface area contributed by atoms with Crippen LogP contribution >= 0.6 is 34.8 Å². The minimum atomic E-state index is -4.15. The lowest BCUT2D eigenvalue weighted by atomic mass is 10.4. The average molecular weight is 260 g/mol. The first-order valence-corrected chi connectivity index (χ1v) is 5.58. The van der Waals surface area contributed by atoms with Gasteiger partial charge < -0.3 is 0 Å². The summed E-state index contributed by atoms with van der Waals surface area (Å²) in [5.74, 6) is 0.